The molecule has 2 heterocycles. The van der Waals surface area contributed by atoms with Crippen LogP contribution in [0.15, 0.2) is 24.3 Å². The van der Waals surface area contributed by atoms with Crippen LogP contribution in [0.1, 0.15) is 36.0 Å². The molecule has 3 rings (SSSR count). The zero-order valence-corrected chi connectivity index (χ0v) is 17.7. The van der Waals surface area contributed by atoms with E-state index in [4.69, 9.17) is 4.74 Å². The van der Waals surface area contributed by atoms with Crippen molar-refractivity contribution in [3.05, 3.63) is 40.4 Å². The van der Waals surface area contributed by atoms with Gasteiger partial charge in [0.2, 0.25) is 11.0 Å². The highest BCUT2D eigenvalue weighted by molar-refractivity contribution is 7.15. The van der Waals surface area contributed by atoms with Crippen molar-refractivity contribution in [1.82, 2.24) is 20.4 Å². The molecule has 1 unspecified atom stereocenters. The summed E-state index contributed by atoms with van der Waals surface area (Å²) >= 11 is 1.56. The van der Waals surface area contributed by atoms with Gasteiger partial charge in [-0.2, -0.15) is 0 Å². The smallest absolute Gasteiger partial charge is 0.217 e. The normalized spacial score (nSPS) is 16.2. The first kappa shape index (κ1) is 20.7. The summed E-state index contributed by atoms with van der Waals surface area (Å²) in [5, 5.41) is 13.0. The Morgan fingerprint density at radius 2 is 1.93 bits per heavy atom. The number of ether oxygens (including phenoxy) is 1. The Kier molecular flexibility index (Phi) is 7.36. The van der Waals surface area contributed by atoms with Crippen LogP contribution in [0.25, 0.3) is 0 Å². The number of methoxy groups -OCH3 is 1. The number of hydrogen-bond acceptors (Lipinski definition) is 7. The van der Waals surface area contributed by atoms with Gasteiger partial charge < -0.3 is 15.0 Å². The van der Waals surface area contributed by atoms with E-state index in [0.717, 1.165) is 49.3 Å². The number of anilines is 1. The highest BCUT2D eigenvalue weighted by Crippen LogP contribution is 2.26. The Morgan fingerprint density at radius 3 is 2.57 bits per heavy atom. The van der Waals surface area contributed by atoms with Gasteiger partial charge in [-0.3, -0.25) is 9.69 Å². The standard InChI is InChI=1S/C20H29N5O2S/c1-15(18-6-4-17(5-7-18)8-13-27-3)24-9-11-25(12-10-24)20-23-22-19(28-20)14-21-16(2)26/h4-7,15H,8-14H2,1-3H3,(H,21,26). The quantitative estimate of drug-likeness (QED) is 0.729. The maximum Gasteiger partial charge on any atom is 0.217 e. The number of piperazine rings is 1. The molecule has 1 amide bonds. The van der Waals surface area contributed by atoms with Gasteiger partial charge in [0.15, 0.2) is 0 Å². The minimum Gasteiger partial charge on any atom is -0.384 e. The van der Waals surface area contributed by atoms with Crippen LogP contribution in [-0.4, -0.2) is 60.9 Å². The van der Waals surface area contributed by atoms with Gasteiger partial charge in [0, 0.05) is 46.3 Å². The molecule has 1 aliphatic rings. The predicted molar refractivity (Wildman–Crippen MR) is 112 cm³/mol. The number of benzene rings is 1. The molecule has 8 heteroatoms. The summed E-state index contributed by atoms with van der Waals surface area (Å²) < 4.78 is 5.15. The molecule has 2 aromatic rings. The second-order valence-electron chi connectivity index (χ2n) is 7.07. The van der Waals surface area contributed by atoms with Crippen molar-refractivity contribution in [2.24, 2.45) is 0 Å². The molecule has 1 N–H and O–H groups in total. The molecule has 7 nitrogen and oxygen atoms in total. The fourth-order valence-electron chi connectivity index (χ4n) is 3.34. The molecular weight excluding hydrogens is 374 g/mol. The van der Waals surface area contributed by atoms with Crippen molar-refractivity contribution in [2.45, 2.75) is 32.9 Å². The molecule has 0 radical (unpaired) electrons. The summed E-state index contributed by atoms with van der Waals surface area (Å²) in [6.45, 7) is 8.85. The third kappa shape index (κ3) is 5.50. The van der Waals surface area contributed by atoms with Crippen LogP contribution in [0, 0.1) is 0 Å². The summed E-state index contributed by atoms with van der Waals surface area (Å²) in [6.07, 6.45) is 0.954. The number of nitrogens with one attached hydrogen (secondary N) is 1. The fraction of sp³-hybridized carbons (Fsp3) is 0.550. The van der Waals surface area contributed by atoms with Crippen molar-refractivity contribution in [3.63, 3.8) is 0 Å². The van der Waals surface area contributed by atoms with E-state index in [1.807, 2.05) is 0 Å². The number of carbonyl (C=O) groups is 1. The highest BCUT2D eigenvalue weighted by Gasteiger charge is 2.24. The van der Waals surface area contributed by atoms with E-state index in [2.05, 4.69) is 56.5 Å². The van der Waals surface area contributed by atoms with Gasteiger partial charge in [-0.25, -0.2) is 0 Å². The Balaban J connectivity index is 1.51. The Morgan fingerprint density at radius 1 is 1.21 bits per heavy atom. The van der Waals surface area contributed by atoms with E-state index in [1.165, 1.54) is 18.1 Å². The summed E-state index contributed by atoms with van der Waals surface area (Å²) in [7, 11) is 1.74. The second-order valence-corrected chi connectivity index (χ2v) is 8.11. The van der Waals surface area contributed by atoms with E-state index >= 15 is 0 Å². The van der Waals surface area contributed by atoms with Crippen LogP contribution in [0.3, 0.4) is 0 Å². The van der Waals surface area contributed by atoms with Crippen LogP contribution in [-0.2, 0) is 22.5 Å². The molecule has 1 atom stereocenters. The second kappa shape index (κ2) is 9.95. The van der Waals surface area contributed by atoms with Gasteiger partial charge in [0.25, 0.3) is 0 Å². The maximum atomic E-state index is 11.0. The van der Waals surface area contributed by atoms with Crippen molar-refractivity contribution < 1.29 is 9.53 Å². The number of nitrogens with zero attached hydrogens (tertiary/aromatic N) is 4. The number of rotatable bonds is 8. The van der Waals surface area contributed by atoms with Gasteiger partial charge >= 0.3 is 0 Å². The maximum absolute atomic E-state index is 11.0. The molecular formula is C20H29N5O2S. The van der Waals surface area contributed by atoms with Gasteiger partial charge in [-0.15, -0.1) is 10.2 Å². The molecule has 1 fully saturated rings. The molecule has 152 valence electrons. The minimum atomic E-state index is -0.0499. The number of hydrogen-bond donors (Lipinski definition) is 1. The van der Waals surface area contributed by atoms with Crippen LogP contribution in [0.4, 0.5) is 5.13 Å². The lowest BCUT2D eigenvalue weighted by Crippen LogP contribution is -2.47. The van der Waals surface area contributed by atoms with Gasteiger partial charge in [-0.05, 0) is 24.5 Å². The van der Waals surface area contributed by atoms with E-state index in [1.54, 1.807) is 18.4 Å². The topological polar surface area (TPSA) is 70.6 Å². The number of carbonyl (C=O) groups excluding carboxylic acids is 1. The minimum absolute atomic E-state index is 0.0499. The summed E-state index contributed by atoms with van der Waals surface area (Å²) in [5.41, 5.74) is 2.66. The molecule has 0 bridgehead atoms. The van der Waals surface area contributed by atoms with Gasteiger partial charge in [0.1, 0.15) is 5.01 Å². The summed E-state index contributed by atoms with van der Waals surface area (Å²) in [5.74, 6) is -0.0499. The lowest BCUT2D eigenvalue weighted by Gasteiger charge is -2.38. The third-order valence-electron chi connectivity index (χ3n) is 5.13. The average Bonchev–Trinajstić information content (AvgIpc) is 3.20. The van der Waals surface area contributed by atoms with E-state index in [-0.39, 0.29) is 5.91 Å². The van der Waals surface area contributed by atoms with Crippen molar-refractivity contribution in [3.8, 4) is 0 Å². The average molecular weight is 404 g/mol. The van der Waals surface area contributed by atoms with Gasteiger partial charge in [-0.1, -0.05) is 35.6 Å². The molecule has 28 heavy (non-hydrogen) atoms. The van der Waals surface area contributed by atoms with E-state index in [9.17, 15) is 4.79 Å². The monoisotopic (exact) mass is 403 g/mol. The third-order valence-corrected chi connectivity index (χ3v) is 6.12. The van der Waals surface area contributed by atoms with Crippen LogP contribution in [0.2, 0.25) is 0 Å². The molecule has 0 aliphatic carbocycles. The molecule has 1 aliphatic heterocycles. The van der Waals surface area contributed by atoms with Crippen LogP contribution < -0.4 is 10.2 Å². The van der Waals surface area contributed by atoms with Crippen LogP contribution in [0.5, 0.6) is 0 Å². The molecule has 1 saturated heterocycles. The first-order valence-electron chi connectivity index (χ1n) is 9.70. The van der Waals surface area contributed by atoms with Crippen molar-refractivity contribution in [1.29, 1.82) is 0 Å². The zero-order valence-electron chi connectivity index (χ0n) is 16.9. The molecule has 0 saturated carbocycles. The summed E-state index contributed by atoms with van der Waals surface area (Å²) in [6, 6.07) is 9.28. The molecule has 0 spiro atoms. The van der Waals surface area contributed by atoms with Crippen molar-refractivity contribution >= 4 is 22.4 Å². The lowest BCUT2D eigenvalue weighted by atomic mass is 10.0. The summed E-state index contributed by atoms with van der Waals surface area (Å²) in [4.78, 5) is 15.8. The SMILES string of the molecule is COCCc1ccc(C(C)N2CCN(c3nnc(CNC(C)=O)s3)CC2)cc1. The number of amides is 1. The molecule has 1 aromatic heterocycles. The van der Waals surface area contributed by atoms with E-state index < -0.39 is 0 Å². The fourth-order valence-corrected chi connectivity index (χ4v) is 4.17. The first-order chi connectivity index (χ1) is 13.6. The Labute approximate surface area is 170 Å². The Bertz CT molecular complexity index is 756. The zero-order chi connectivity index (χ0) is 19.9. The van der Waals surface area contributed by atoms with E-state index in [0.29, 0.717) is 12.6 Å². The highest BCUT2D eigenvalue weighted by atomic mass is 32.1. The lowest BCUT2D eigenvalue weighted by molar-refractivity contribution is -0.119. The molecule has 1 aromatic carbocycles. The van der Waals surface area contributed by atoms with Crippen molar-refractivity contribution in [2.75, 3.05) is 44.8 Å². The number of aromatic nitrogens is 2. The predicted octanol–water partition coefficient (Wildman–Crippen LogP) is 2.25. The first-order valence-corrected chi connectivity index (χ1v) is 10.5. The van der Waals surface area contributed by atoms with Gasteiger partial charge in [0.05, 0.1) is 13.2 Å². The largest absolute Gasteiger partial charge is 0.384 e. The Hall–Kier alpha value is -2.03. The van der Waals surface area contributed by atoms with Crippen LogP contribution >= 0.6 is 11.3 Å².